The van der Waals surface area contributed by atoms with E-state index in [4.69, 9.17) is 9.47 Å². The maximum atomic E-state index is 12.9. The van der Waals surface area contributed by atoms with E-state index in [1.807, 2.05) is 0 Å². The van der Waals surface area contributed by atoms with Crippen molar-refractivity contribution in [3.63, 3.8) is 0 Å². The smallest absolute Gasteiger partial charge is 0.337 e. The number of methoxy groups -OCH3 is 1. The van der Waals surface area contributed by atoms with Gasteiger partial charge in [-0.1, -0.05) is 0 Å². The Kier molecular flexibility index (Phi) is 5.05. The molecule has 22 heavy (non-hydrogen) atoms. The maximum Gasteiger partial charge on any atom is 0.337 e. The number of carbonyl (C=O) groups is 1. The molecule has 1 atom stereocenters. The monoisotopic (exact) mass is 329 g/mol. The zero-order chi connectivity index (χ0) is 16.3. The highest BCUT2D eigenvalue weighted by Crippen LogP contribution is 2.27. The molecule has 1 aliphatic rings. The minimum Gasteiger partial charge on any atom is -0.497 e. The van der Waals surface area contributed by atoms with Crippen molar-refractivity contribution in [2.24, 2.45) is 0 Å². The third kappa shape index (κ3) is 3.23. The van der Waals surface area contributed by atoms with E-state index in [2.05, 4.69) is 0 Å². The maximum absolute atomic E-state index is 12.9. The highest BCUT2D eigenvalue weighted by Gasteiger charge is 2.33. The highest BCUT2D eigenvalue weighted by molar-refractivity contribution is 7.89. The first-order chi connectivity index (χ1) is 10.4. The lowest BCUT2D eigenvalue weighted by atomic mass is 10.2. The fraction of sp³-hybridized carbons (Fsp3) is 0.500. The summed E-state index contributed by atoms with van der Waals surface area (Å²) in [4.78, 5) is 11.1. The molecule has 0 saturated carbocycles. The van der Waals surface area contributed by atoms with Gasteiger partial charge in [-0.3, -0.25) is 0 Å². The van der Waals surface area contributed by atoms with Crippen LogP contribution in [0.15, 0.2) is 23.1 Å². The summed E-state index contributed by atoms with van der Waals surface area (Å²) < 4.78 is 37.4. The summed E-state index contributed by atoms with van der Waals surface area (Å²) in [7, 11) is -2.55. The number of rotatable bonds is 4. The number of carboxylic acid groups (broad SMARTS) is 1. The van der Waals surface area contributed by atoms with Crippen LogP contribution < -0.4 is 4.74 Å². The lowest BCUT2D eigenvalue weighted by molar-refractivity contribution is 0.0692. The van der Waals surface area contributed by atoms with Crippen LogP contribution in [0, 0.1) is 0 Å². The van der Waals surface area contributed by atoms with E-state index < -0.39 is 16.0 Å². The number of nitrogens with zero attached hydrogens (tertiary/aromatic N) is 1. The van der Waals surface area contributed by atoms with Gasteiger partial charge >= 0.3 is 5.97 Å². The van der Waals surface area contributed by atoms with Crippen LogP contribution in [0.25, 0.3) is 0 Å². The van der Waals surface area contributed by atoms with Crippen LogP contribution in [0.3, 0.4) is 0 Å². The Morgan fingerprint density at radius 1 is 1.41 bits per heavy atom. The zero-order valence-corrected chi connectivity index (χ0v) is 13.3. The minimum absolute atomic E-state index is 0.194. The Balaban J connectivity index is 2.53. The average molecular weight is 329 g/mol. The molecule has 1 heterocycles. The minimum atomic E-state index is -3.95. The summed E-state index contributed by atoms with van der Waals surface area (Å²) in [5.74, 6) is -0.998. The van der Waals surface area contributed by atoms with Crippen LogP contribution in [-0.4, -0.2) is 56.7 Å². The largest absolute Gasteiger partial charge is 0.497 e. The number of hydrogen-bond donors (Lipinski definition) is 1. The molecule has 0 bridgehead atoms. The number of aromatic carboxylic acids is 1. The molecule has 7 nitrogen and oxygen atoms in total. The van der Waals surface area contributed by atoms with Crippen LogP contribution in [0.5, 0.6) is 5.75 Å². The molecule has 2 rings (SSSR count). The second-order valence-corrected chi connectivity index (χ2v) is 6.89. The third-order valence-corrected chi connectivity index (χ3v) is 5.69. The van der Waals surface area contributed by atoms with Crippen molar-refractivity contribution in [1.82, 2.24) is 4.31 Å². The molecule has 8 heteroatoms. The third-order valence-electron chi connectivity index (χ3n) is 3.63. The van der Waals surface area contributed by atoms with E-state index >= 15 is 0 Å². The van der Waals surface area contributed by atoms with Crippen LogP contribution >= 0.6 is 0 Å². The number of ether oxygens (including phenoxy) is 2. The average Bonchev–Trinajstić information content (AvgIpc) is 2.71. The summed E-state index contributed by atoms with van der Waals surface area (Å²) in [6.45, 7) is 2.75. The SMILES string of the molecule is COc1ccc(C(=O)O)c(S(=O)(=O)N2CCOCCC2C)c1. The second kappa shape index (κ2) is 6.64. The van der Waals surface area contributed by atoms with Crippen LogP contribution in [0.1, 0.15) is 23.7 Å². The first-order valence-corrected chi connectivity index (χ1v) is 8.33. The van der Waals surface area contributed by atoms with Gasteiger partial charge in [0.25, 0.3) is 0 Å². The van der Waals surface area contributed by atoms with Gasteiger partial charge in [0.15, 0.2) is 0 Å². The summed E-state index contributed by atoms with van der Waals surface area (Å²) in [5, 5.41) is 9.26. The molecule has 0 amide bonds. The Hall–Kier alpha value is -1.64. The van der Waals surface area contributed by atoms with Gasteiger partial charge in [-0.15, -0.1) is 0 Å². The molecule has 0 radical (unpaired) electrons. The Morgan fingerprint density at radius 3 is 2.77 bits per heavy atom. The number of hydrogen-bond acceptors (Lipinski definition) is 5. The number of carboxylic acids is 1. The molecule has 0 spiro atoms. The van der Waals surface area contributed by atoms with E-state index in [-0.39, 0.29) is 29.7 Å². The molecule has 1 saturated heterocycles. The molecule has 1 N–H and O–H groups in total. The Bertz CT molecular complexity index is 657. The van der Waals surface area contributed by atoms with Crippen molar-refractivity contribution in [3.8, 4) is 5.75 Å². The lowest BCUT2D eigenvalue weighted by Gasteiger charge is -2.26. The molecule has 0 aromatic heterocycles. The Morgan fingerprint density at radius 2 is 2.14 bits per heavy atom. The van der Waals surface area contributed by atoms with Gasteiger partial charge < -0.3 is 14.6 Å². The van der Waals surface area contributed by atoms with Gasteiger partial charge in [-0.25, -0.2) is 13.2 Å². The van der Waals surface area contributed by atoms with Crippen molar-refractivity contribution in [1.29, 1.82) is 0 Å². The molecule has 1 aliphatic heterocycles. The zero-order valence-electron chi connectivity index (χ0n) is 12.5. The molecule has 1 unspecified atom stereocenters. The quantitative estimate of drug-likeness (QED) is 0.892. The standard InChI is InChI=1S/C14H19NO6S/c1-10-5-7-21-8-6-15(10)22(18,19)13-9-11(20-2)3-4-12(13)14(16)17/h3-4,9-10H,5-8H2,1-2H3,(H,16,17). The lowest BCUT2D eigenvalue weighted by Crippen LogP contribution is -2.39. The predicted octanol–water partition coefficient (Wildman–Crippen LogP) is 1.19. The summed E-state index contributed by atoms with van der Waals surface area (Å²) >= 11 is 0. The van der Waals surface area contributed by atoms with Gasteiger partial charge in [-0.05, 0) is 25.5 Å². The van der Waals surface area contributed by atoms with Crippen LogP contribution in [-0.2, 0) is 14.8 Å². The fourth-order valence-electron chi connectivity index (χ4n) is 2.38. The molecular weight excluding hydrogens is 310 g/mol. The van der Waals surface area contributed by atoms with Gasteiger partial charge in [0.05, 0.1) is 19.3 Å². The first kappa shape index (κ1) is 16.7. The molecule has 1 aromatic carbocycles. The first-order valence-electron chi connectivity index (χ1n) is 6.89. The summed E-state index contributed by atoms with van der Waals surface area (Å²) in [5.41, 5.74) is -0.266. The van der Waals surface area contributed by atoms with Crippen molar-refractivity contribution < 1.29 is 27.8 Å². The Labute approximate surface area is 129 Å². The topological polar surface area (TPSA) is 93.1 Å². The van der Waals surface area contributed by atoms with Crippen molar-refractivity contribution in [3.05, 3.63) is 23.8 Å². The molecular formula is C14H19NO6S. The van der Waals surface area contributed by atoms with Crippen LogP contribution in [0.2, 0.25) is 0 Å². The van der Waals surface area contributed by atoms with Gasteiger partial charge in [0, 0.05) is 25.3 Å². The van der Waals surface area contributed by atoms with Crippen LogP contribution in [0.4, 0.5) is 0 Å². The summed E-state index contributed by atoms with van der Waals surface area (Å²) in [6, 6.07) is 3.65. The number of benzene rings is 1. The van der Waals surface area contributed by atoms with Gasteiger partial charge in [-0.2, -0.15) is 4.31 Å². The molecule has 0 aliphatic carbocycles. The van der Waals surface area contributed by atoms with E-state index in [0.29, 0.717) is 18.8 Å². The predicted molar refractivity (Wildman–Crippen MR) is 78.7 cm³/mol. The molecule has 1 aromatic rings. The van der Waals surface area contributed by atoms with Crippen molar-refractivity contribution in [2.75, 3.05) is 26.9 Å². The van der Waals surface area contributed by atoms with Gasteiger partial charge in [0.1, 0.15) is 10.6 Å². The fourth-order valence-corrected chi connectivity index (χ4v) is 4.22. The normalized spacial score (nSPS) is 20.4. The number of sulfonamides is 1. The van der Waals surface area contributed by atoms with Gasteiger partial charge in [0.2, 0.25) is 10.0 Å². The van der Waals surface area contributed by atoms with E-state index in [0.717, 1.165) is 0 Å². The summed E-state index contributed by atoms with van der Waals surface area (Å²) in [6.07, 6.45) is 0.561. The van der Waals surface area contributed by atoms with E-state index in [1.165, 1.54) is 29.6 Å². The highest BCUT2D eigenvalue weighted by atomic mass is 32.2. The van der Waals surface area contributed by atoms with E-state index in [9.17, 15) is 18.3 Å². The molecule has 122 valence electrons. The second-order valence-electron chi connectivity index (χ2n) is 5.03. The van der Waals surface area contributed by atoms with E-state index in [1.54, 1.807) is 6.92 Å². The molecule has 1 fully saturated rings. The van der Waals surface area contributed by atoms with Crippen molar-refractivity contribution in [2.45, 2.75) is 24.3 Å². The van der Waals surface area contributed by atoms with Crippen molar-refractivity contribution >= 4 is 16.0 Å².